The van der Waals surface area contributed by atoms with Gasteiger partial charge >= 0.3 is 0 Å². The van der Waals surface area contributed by atoms with Crippen LogP contribution in [0.2, 0.25) is 0 Å². The third kappa shape index (κ3) is 5.05. The second-order valence-corrected chi connectivity index (χ2v) is 10.6. The Morgan fingerprint density at radius 1 is 1.00 bits per heavy atom. The van der Waals surface area contributed by atoms with Crippen LogP contribution in [0.5, 0.6) is 17.4 Å². The van der Waals surface area contributed by atoms with Crippen molar-refractivity contribution in [1.29, 1.82) is 0 Å². The van der Waals surface area contributed by atoms with Gasteiger partial charge in [-0.2, -0.15) is 4.98 Å². The summed E-state index contributed by atoms with van der Waals surface area (Å²) in [4.78, 5) is 18.8. The molecule has 0 atom stereocenters. The summed E-state index contributed by atoms with van der Waals surface area (Å²) in [6, 6.07) is 13.2. The Hall–Kier alpha value is -4.60. The number of furan rings is 1. The van der Waals surface area contributed by atoms with Crippen molar-refractivity contribution in [3.8, 4) is 34.5 Å². The molecule has 0 aliphatic heterocycles. The van der Waals surface area contributed by atoms with Crippen molar-refractivity contribution < 1.29 is 23.4 Å². The standard InChI is InChI=1S/C31H30N4O6/c1-2-3-11-25-32-29(36)27(30-34-33-26(41-30)16-18-17-38-22-8-5-4-7-21(18)22)31(37)35(25)28-23(39-19-12-13-19)9-6-10-24(28)40-20-14-15-20/h4-10,17,19-20,36H,2-3,11-16H2,1H3. The highest BCUT2D eigenvalue weighted by Crippen LogP contribution is 2.40. The molecule has 0 saturated heterocycles. The minimum atomic E-state index is -0.528. The molecule has 2 aromatic carbocycles. The number of rotatable bonds is 11. The van der Waals surface area contributed by atoms with E-state index in [0.717, 1.165) is 55.1 Å². The first-order valence-corrected chi connectivity index (χ1v) is 14.2. The van der Waals surface area contributed by atoms with Crippen molar-refractivity contribution in [2.45, 2.75) is 70.5 Å². The van der Waals surface area contributed by atoms with Gasteiger partial charge < -0.3 is 23.4 Å². The van der Waals surface area contributed by atoms with Gasteiger partial charge in [-0.25, -0.2) is 0 Å². The van der Waals surface area contributed by atoms with E-state index in [1.54, 1.807) is 6.26 Å². The molecule has 41 heavy (non-hydrogen) atoms. The van der Waals surface area contributed by atoms with Gasteiger partial charge in [0.05, 0.1) is 24.9 Å². The first-order chi connectivity index (χ1) is 20.1. The van der Waals surface area contributed by atoms with Crippen molar-refractivity contribution >= 4 is 11.0 Å². The van der Waals surface area contributed by atoms with Gasteiger partial charge in [0.2, 0.25) is 11.8 Å². The lowest BCUT2D eigenvalue weighted by Gasteiger charge is -2.20. The fourth-order valence-electron chi connectivity index (χ4n) is 4.88. The molecule has 2 saturated carbocycles. The van der Waals surface area contributed by atoms with Crippen molar-refractivity contribution in [3.05, 3.63) is 76.4 Å². The summed E-state index contributed by atoms with van der Waals surface area (Å²) in [5.41, 5.74) is 1.42. The summed E-state index contributed by atoms with van der Waals surface area (Å²) in [5.74, 6) is 1.22. The lowest BCUT2D eigenvalue weighted by atomic mass is 10.1. The second-order valence-electron chi connectivity index (χ2n) is 10.6. The lowest BCUT2D eigenvalue weighted by Crippen LogP contribution is -2.27. The molecule has 210 valence electrons. The number of nitrogens with zero attached hydrogens (tertiary/aromatic N) is 4. The van der Waals surface area contributed by atoms with Crippen LogP contribution < -0.4 is 15.0 Å². The molecule has 3 heterocycles. The fraction of sp³-hybridized carbons (Fsp3) is 0.355. The number of hydrogen-bond donors (Lipinski definition) is 1. The number of aryl methyl sites for hydroxylation is 1. The number of ether oxygens (including phenoxy) is 2. The monoisotopic (exact) mass is 554 g/mol. The topological polar surface area (TPSA) is 126 Å². The summed E-state index contributed by atoms with van der Waals surface area (Å²) in [6.45, 7) is 2.06. The van der Waals surface area contributed by atoms with Gasteiger partial charge in [-0.15, -0.1) is 10.2 Å². The van der Waals surface area contributed by atoms with Crippen molar-refractivity contribution in [3.63, 3.8) is 0 Å². The Balaban J connectivity index is 1.33. The zero-order valence-electron chi connectivity index (χ0n) is 22.7. The Morgan fingerprint density at radius 3 is 2.44 bits per heavy atom. The molecule has 0 unspecified atom stereocenters. The molecule has 0 amide bonds. The van der Waals surface area contributed by atoms with Gasteiger partial charge in [-0.3, -0.25) is 9.36 Å². The normalized spacial score (nSPS) is 15.0. The van der Waals surface area contributed by atoms with Gasteiger partial charge in [0.1, 0.15) is 28.6 Å². The third-order valence-electron chi connectivity index (χ3n) is 7.29. The number of para-hydroxylation sites is 2. The molecule has 3 aromatic heterocycles. The van der Waals surface area contributed by atoms with Crippen LogP contribution in [0.1, 0.15) is 62.7 Å². The SMILES string of the molecule is CCCCc1nc(O)c(-c2nnc(Cc3coc4ccccc34)o2)c(=O)n1-c1c(OC2CC2)cccc1OC1CC1. The maximum Gasteiger partial charge on any atom is 0.275 e. The van der Waals surface area contributed by atoms with E-state index in [4.69, 9.17) is 18.3 Å². The molecule has 5 aromatic rings. The maximum atomic E-state index is 14.3. The number of fused-ring (bicyclic) bond motifs is 1. The van der Waals surface area contributed by atoms with Crippen LogP contribution in [0.25, 0.3) is 28.1 Å². The molecule has 7 rings (SSSR count). The quantitative estimate of drug-likeness (QED) is 0.217. The van der Waals surface area contributed by atoms with Gasteiger partial charge in [-0.1, -0.05) is 37.6 Å². The largest absolute Gasteiger partial charge is 0.493 e. The summed E-state index contributed by atoms with van der Waals surface area (Å²) >= 11 is 0. The zero-order valence-corrected chi connectivity index (χ0v) is 22.7. The number of unbranched alkanes of at least 4 members (excludes halogenated alkanes) is 1. The van der Waals surface area contributed by atoms with E-state index in [0.29, 0.717) is 35.9 Å². The number of hydrogen-bond acceptors (Lipinski definition) is 9. The van der Waals surface area contributed by atoms with Crippen LogP contribution in [0.4, 0.5) is 0 Å². The van der Waals surface area contributed by atoms with Gasteiger partial charge in [-0.05, 0) is 50.3 Å². The van der Waals surface area contributed by atoms with E-state index < -0.39 is 11.4 Å². The van der Waals surface area contributed by atoms with Crippen LogP contribution in [0.15, 0.2) is 62.4 Å². The molecule has 1 N–H and O–H groups in total. The summed E-state index contributed by atoms with van der Waals surface area (Å²) < 4.78 is 25.6. The Bertz CT molecular complexity index is 1750. The number of aromatic hydroxyl groups is 1. The first kappa shape index (κ1) is 25.4. The average Bonchev–Trinajstić information content (AvgIpc) is 3.89. The molecule has 2 aliphatic carbocycles. The highest BCUT2D eigenvalue weighted by atomic mass is 16.5. The predicted octanol–water partition coefficient (Wildman–Crippen LogP) is 5.75. The molecule has 0 radical (unpaired) electrons. The molecule has 10 heteroatoms. The van der Waals surface area contributed by atoms with E-state index in [2.05, 4.69) is 22.1 Å². The van der Waals surface area contributed by atoms with Crippen LogP contribution in [0.3, 0.4) is 0 Å². The summed E-state index contributed by atoms with van der Waals surface area (Å²) in [7, 11) is 0. The highest BCUT2D eigenvalue weighted by Gasteiger charge is 2.32. The average molecular weight is 555 g/mol. The summed E-state index contributed by atoms with van der Waals surface area (Å²) in [6.07, 6.45) is 8.13. The van der Waals surface area contributed by atoms with Crippen molar-refractivity contribution in [1.82, 2.24) is 19.7 Å². The highest BCUT2D eigenvalue weighted by molar-refractivity contribution is 5.81. The maximum absolute atomic E-state index is 14.3. The first-order valence-electron chi connectivity index (χ1n) is 14.2. The molecule has 2 aliphatic rings. The summed E-state index contributed by atoms with van der Waals surface area (Å²) in [5, 5.41) is 20.3. The van der Waals surface area contributed by atoms with Gasteiger partial charge in [0, 0.05) is 17.4 Å². The number of benzene rings is 2. The van der Waals surface area contributed by atoms with Crippen LogP contribution in [-0.4, -0.2) is 37.1 Å². The zero-order chi connectivity index (χ0) is 27.9. The fourth-order valence-corrected chi connectivity index (χ4v) is 4.88. The Kier molecular flexibility index (Phi) is 6.45. The molecule has 0 spiro atoms. The molecule has 2 fully saturated rings. The third-order valence-corrected chi connectivity index (χ3v) is 7.29. The van der Waals surface area contributed by atoms with E-state index in [9.17, 15) is 9.90 Å². The van der Waals surface area contributed by atoms with E-state index in [-0.39, 0.29) is 29.6 Å². The number of aromatic nitrogens is 4. The lowest BCUT2D eigenvalue weighted by molar-refractivity contribution is 0.284. The van der Waals surface area contributed by atoms with E-state index in [1.165, 1.54) is 4.57 Å². The van der Waals surface area contributed by atoms with Crippen LogP contribution in [-0.2, 0) is 12.8 Å². The van der Waals surface area contributed by atoms with Crippen LogP contribution in [0, 0.1) is 0 Å². The molecular formula is C31H30N4O6. The van der Waals surface area contributed by atoms with Gasteiger partial charge in [0.15, 0.2) is 5.56 Å². The molecular weight excluding hydrogens is 524 g/mol. The second kappa shape index (κ2) is 10.4. The Labute approximate surface area is 235 Å². The van der Waals surface area contributed by atoms with E-state index in [1.807, 2.05) is 42.5 Å². The molecule has 0 bridgehead atoms. The van der Waals surface area contributed by atoms with Gasteiger partial charge in [0.25, 0.3) is 11.4 Å². The van der Waals surface area contributed by atoms with Crippen molar-refractivity contribution in [2.75, 3.05) is 0 Å². The minimum absolute atomic E-state index is 0.0989. The minimum Gasteiger partial charge on any atom is -0.493 e. The molecule has 10 nitrogen and oxygen atoms in total. The van der Waals surface area contributed by atoms with Crippen molar-refractivity contribution in [2.24, 2.45) is 0 Å². The Morgan fingerprint density at radius 2 is 1.73 bits per heavy atom. The van der Waals surface area contributed by atoms with E-state index >= 15 is 0 Å². The predicted molar refractivity (Wildman–Crippen MR) is 150 cm³/mol. The van der Waals surface area contributed by atoms with Crippen LogP contribution >= 0.6 is 0 Å². The smallest absolute Gasteiger partial charge is 0.275 e.